The number of halogens is 2. The molecular formula is C25H27F2N7O. The van der Waals surface area contributed by atoms with Crippen LogP contribution in [-0.4, -0.2) is 24.5 Å². The second-order valence-electron chi connectivity index (χ2n) is 9.07. The molecule has 0 aliphatic heterocycles. The fraction of sp³-hybridized carbons (Fsp3) is 0.360. The minimum absolute atomic E-state index is 0.0294. The van der Waals surface area contributed by atoms with Crippen molar-refractivity contribution < 1.29 is 8.78 Å². The van der Waals surface area contributed by atoms with Gasteiger partial charge in [0.2, 0.25) is 0 Å². The number of rotatable bonds is 8. The number of nitrogens with one attached hydrogen (secondary N) is 1. The Labute approximate surface area is 201 Å². The van der Waals surface area contributed by atoms with Gasteiger partial charge in [0.1, 0.15) is 22.7 Å². The predicted molar refractivity (Wildman–Crippen MR) is 130 cm³/mol. The number of para-hydroxylation sites is 1. The highest BCUT2D eigenvalue weighted by atomic mass is 19.1. The van der Waals surface area contributed by atoms with Crippen molar-refractivity contribution in [1.29, 1.82) is 5.26 Å². The first-order chi connectivity index (χ1) is 16.7. The Morgan fingerprint density at radius 3 is 2.63 bits per heavy atom. The number of aromatic amines is 1. The molecule has 0 saturated carbocycles. The molecule has 0 aliphatic rings. The van der Waals surface area contributed by atoms with Gasteiger partial charge in [0.05, 0.1) is 22.7 Å². The highest BCUT2D eigenvalue weighted by molar-refractivity contribution is 5.97. The van der Waals surface area contributed by atoms with Crippen molar-refractivity contribution in [2.75, 3.05) is 5.73 Å². The van der Waals surface area contributed by atoms with Crippen molar-refractivity contribution in [3.8, 4) is 23.0 Å². The third-order valence-corrected chi connectivity index (χ3v) is 6.42. The second-order valence-corrected chi connectivity index (χ2v) is 9.07. The van der Waals surface area contributed by atoms with Crippen molar-refractivity contribution in [1.82, 2.24) is 24.5 Å². The second kappa shape index (κ2) is 9.33. The Morgan fingerprint density at radius 1 is 1.26 bits per heavy atom. The van der Waals surface area contributed by atoms with Crippen LogP contribution in [-0.2, 0) is 13.5 Å². The van der Waals surface area contributed by atoms with E-state index >= 15 is 0 Å². The van der Waals surface area contributed by atoms with E-state index in [1.54, 1.807) is 11.7 Å². The van der Waals surface area contributed by atoms with E-state index in [0.717, 1.165) is 48.1 Å². The topological polar surface area (TPSA) is 118 Å². The maximum absolute atomic E-state index is 14.6. The normalized spacial score (nSPS) is 13.1. The van der Waals surface area contributed by atoms with E-state index in [0.29, 0.717) is 23.2 Å². The first-order valence-corrected chi connectivity index (χ1v) is 11.5. The number of anilines is 1. The Bertz CT molecular complexity index is 1470. The molecule has 0 fully saturated rings. The zero-order valence-electron chi connectivity index (χ0n) is 19.9. The average molecular weight is 480 g/mol. The van der Waals surface area contributed by atoms with E-state index in [9.17, 15) is 18.8 Å². The number of hydrogen-bond acceptors (Lipinski definition) is 5. The maximum atomic E-state index is 14.6. The number of nitrogen functional groups attached to an aromatic ring is 1. The lowest BCUT2D eigenvalue weighted by Crippen LogP contribution is -2.21. The van der Waals surface area contributed by atoms with Gasteiger partial charge in [-0.3, -0.25) is 19.1 Å². The van der Waals surface area contributed by atoms with Crippen LogP contribution in [0.4, 0.5) is 14.6 Å². The largest absolute Gasteiger partial charge is 0.382 e. The van der Waals surface area contributed by atoms with E-state index in [1.165, 1.54) is 12.3 Å². The molecule has 4 rings (SSSR count). The number of pyridine rings is 1. The van der Waals surface area contributed by atoms with Gasteiger partial charge < -0.3 is 5.73 Å². The lowest BCUT2D eigenvalue weighted by Gasteiger charge is -2.20. The molecule has 4 aromatic rings. The molecule has 1 aromatic carbocycles. The van der Waals surface area contributed by atoms with Crippen molar-refractivity contribution >= 4 is 16.7 Å². The summed E-state index contributed by atoms with van der Waals surface area (Å²) < 4.78 is 31.8. The van der Waals surface area contributed by atoms with Gasteiger partial charge in [-0.2, -0.15) is 15.5 Å². The van der Waals surface area contributed by atoms with Crippen molar-refractivity contribution in [3.63, 3.8) is 0 Å². The Morgan fingerprint density at radius 2 is 1.97 bits per heavy atom. The minimum atomic E-state index is -0.881. The summed E-state index contributed by atoms with van der Waals surface area (Å²) in [4.78, 5) is 13.1. The molecule has 0 aliphatic carbocycles. The summed E-state index contributed by atoms with van der Waals surface area (Å²) in [6.07, 6.45) is 5.39. The molecule has 0 spiro atoms. The molecule has 10 heteroatoms. The molecule has 3 heterocycles. The lowest BCUT2D eigenvalue weighted by molar-refractivity contribution is 0.357. The number of H-pyrrole nitrogens is 1. The number of nitrogens with zero attached hydrogens (tertiary/aromatic N) is 5. The summed E-state index contributed by atoms with van der Waals surface area (Å²) in [7, 11) is 1.80. The molecule has 0 radical (unpaired) electrons. The number of benzene rings is 1. The quantitative estimate of drug-likeness (QED) is 0.382. The molecule has 8 nitrogen and oxygen atoms in total. The number of fused-ring (bicyclic) bond motifs is 1. The van der Waals surface area contributed by atoms with E-state index < -0.39 is 22.9 Å². The van der Waals surface area contributed by atoms with Crippen LogP contribution in [0.3, 0.4) is 0 Å². The van der Waals surface area contributed by atoms with Gasteiger partial charge in [-0.25, -0.2) is 8.78 Å². The highest BCUT2D eigenvalue weighted by Gasteiger charge is 2.24. The Hall–Kier alpha value is -4.00. The van der Waals surface area contributed by atoms with Gasteiger partial charge in [0.25, 0.3) is 5.56 Å². The van der Waals surface area contributed by atoms with Crippen LogP contribution in [0, 0.1) is 28.4 Å². The van der Waals surface area contributed by atoms with Gasteiger partial charge in [-0.1, -0.05) is 19.4 Å². The monoisotopic (exact) mass is 479 g/mol. The maximum Gasteiger partial charge on any atom is 0.268 e. The summed E-state index contributed by atoms with van der Waals surface area (Å²) >= 11 is 0. The summed E-state index contributed by atoms with van der Waals surface area (Å²) in [5.41, 5.74) is 6.57. The van der Waals surface area contributed by atoms with E-state index in [2.05, 4.69) is 28.3 Å². The number of nitriles is 1. The highest BCUT2D eigenvalue weighted by Crippen LogP contribution is 2.31. The van der Waals surface area contributed by atoms with Crippen LogP contribution in [0.15, 0.2) is 35.3 Å². The zero-order chi connectivity index (χ0) is 25.3. The number of nitrogens with two attached hydrogens (primary N) is 1. The van der Waals surface area contributed by atoms with Crippen molar-refractivity contribution in [3.05, 3.63) is 58.1 Å². The Balaban J connectivity index is 1.77. The van der Waals surface area contributed by atoms with Crippen LogP contribution < -0.4 is 11.3 Å². The molecule has 3 aromatic heterocycles. The fourth-order valence-corrected chi connectivity index (χ4v) is 4.54. The summed E-state index contributed by atoms with van der Waals surface area (Å²) in [6.45, 7) is 4.05. The van der Waals surface area contributed by atoms with Gasteiger partial charge in [-0.05, 0) is 50.8 Å². The van der Waals surface area contributed by atoms with Crippen LogP contribution >= 0.6 is 0 Å². The van der Waals surface area contributed by atoms with Crippen molar-refractivity contribution in [2.45, 2.75) is 46.0 Å². The third kappa shape index (κ3) is 4.41. The first kappa shape index (κ1) is 24.1. The van der Waals surface area contributed by atoms with Crippen LogP contribution in [0.5, 0.6) is 0 Å². The SMILES string of the molecule is CCCC(C)(C#N)CCCc1cc(-c2cn(-c3c(F)cccc3F)c(=O)c3c(N)n[nH]c23)nn1C. The fourth-order valence-electron chi connectivity index (χ4n) is 4.54. The molecular weight excluding hydrogens is 452 g/mol. The van der Waals surface area contributed by atoms with E-state index in [-0.39, 0.29) is 16.6 Å². The number of aryl methyl sites for hydroxylation is 2. The van der Waals surface area contributed by atoms with Gasteiger partial charge in [0, 0.05) is 24.5 Å². The van der Waals surface area contributed by atoms with Crippen molar-refractivity contribution in [2.24, 2.45) is 12.5 Å². The van der Waals surface area contributed by atoms with Crippen LogP contribution in [0.25, 0.3) is 27.8 Å². The molecule has 182 valence electrons. The zero-order valence-corrected chi connectivity index (χ0v) is 19.9. The molecule has 0 bridgehead atoms. The standard InChI is InChI=1S/C25H27F2N7O/c1-4-10-25(2,14-28)11-6-7-15-12-19(32-33(15)3)16-13-34(22-17(26)8-5-9-18(22)27)24(35)20-21(16)30-31-23(20)29/h5,8-9,12-13H,4,6-7,10-11H2,1-3H3,(H3,29,30,31). The minimum Gasteiger partial charge on any atom is -0.382 e. The lowest BCUT2D eigenvalue weighted by atomic mass is 9.82. The summed E-state index contributed by atoms with van der Waals surface area (Å²) in [5, 5.41) is 20.8. The number of aromatic nitrogens is 5. The third-order valence-electron chi connectivity index (χ3n) is 6.42. The smallest absolute Gasteiger partial charge is 0.268 e. The van der Waals surface area contributed by atoms with Gasteiger partial charge >= 0.3 is 0 Å². The van der Waals surface area contributed by atoms with Gasteiger partial charge in [-0.15, -0.1) is 0 Å². The molecule has 0 amide bonds. The average Bonchev–Trinajstić information content (AvgIpc) is 3.38. The molecule has 1 unspecified atom stereocenters. The molecule has 3 N–H and O–H groups in total. The molecule has 0 saturated heterocycles. The van der Waals surface area contributed by atoms with Crippen LogP contribution in [0.1, 0.15) is 45.2 Å². The van der Waals surface area contributed by atoms with Crippen LogP contribution in [0.2, 0.25) is 0 Å². The van der Waals surface area contributed by atoms with E-state index in [4.69, 9.17) is 5.73 Å². The summed E-state index contributed by atoms with van der Waals surface area (Å²) in [6, 6.07) is 7.69. The first-order valence-electron chi connectivity index (χ1n) is 11.5. The molecule has 1 atom stereocenters. The number of hydrogen-bond donors (Lipinski definition) is 2. The van der Waals surface area contributed by atoms with E-state index in [1.807, 2.05) is 13.0 Å². The Kier molecular flexibility index (Phi) is 6.43. The predicted octanol–water partition coefficient (Wildman–Crippen LogP) is 4.63. The van der Waals surface area contributed by atoms with Gasteiger partial charge in [0.15, 0.2) is 5.82 Å². The summed E-state index contributed by atoms with van der Waals surface area (Å²) in [5.74, 6) is -1.83. The molecule has 35 heavy (non-hydrogen) atoms.